The Labute approximate surface area is 74.0 Å². The van der Waals surface area contributed by atoms with Gasteiger partial charge >= 0.3 is 0 Å². The molecule has 0 aliphatic carbocycles. The highest BCUT2D eigenvalue weighted by atomic mass is 79.9. The van der Waals surface area contributed by atoms with Crippen molar-refractivity contribution in [2.45, 2.75) is 13.8 Å². The molecule has 0 saturated heterocycles. The molecule has 11 heavy (non-hydrogen) atoms. The van der Waals surface area contributed by atoms with Crippen LogP contribution in [0.15, 0.2) is 12.1 Å². The minimum absolute atomic E-state index is 0.183. The predicted molar refractivity (Wildman–Crippen MR) is 48.4 cm³/mol. The summed E-state index contributed by atoms with van der Waals surface area (Å²) in [6.45, 7) is 3.68. The van der Waals surface area contributed by atoms with Crippen molar-refractivity contribution in [2.24, 2.45) is 0 Å². The van der Waals surface area contributed by atoms with E-state index in [-0.39, 0.29) is 5.82 Å². The summed E-state index contributed by atoms with van der Waals surface area (Å²) >= 11 is 3.05. The van der Waals surface area contributed by atoms with Gasteiger partial charge in [-0.3, -0.25) is 0 Å². The van der Waals surface area contributed by atoms with E-state index >= 15 is 0 Å². The number of rotatable bonds is 1. The molecular formula is C8H9BrFN. The number of hydrogen-bond acceptors (Lipinski definition) is 1. The number of nitrogens with one attached hydrogen (secondary N) is 1. The third-order valence-electron chi connectivity index (χ3n) is 1.61. The number of halogens is 2. The van der Waals surface area contributed by atoms with Gasteiger partial charge in [-0.2, -0.15) is 0 Å². The molecule has 0 fully saturated rings. The van der Waals surface area contributed by atoms with E-state index in [1.54, 1.807) is 13.0 Å². The molecule has 0 radical (unpaired) electrons. The molecular weight excluding hydrogens is 209 g/mol. The molecule has 0 aliphatic heterocycles. The number of hydrogen-bond donors (Lipinski definition) is 1. The maximum atomic E-state index is 12.9. The lowest BCUT2D eigenvalue weighted by atomic mass is 10.1. The van der Waals surface area contributed by atoms with E-state index in [2.05, 4.69) is 20.5 Å². The first-order chi connectivity index (χ1) is 5.15. The highest BCUT2D eigenvalue weighted by molar-refractivity contribution is 9.10. The zero-order chi connectivity index (χ0) is 8.43. The average Bonchev–Trinajstić information content (AvgIpc) is 1.97. The molecule has 1 N–H and O–H groups in total. The second-order valence-corrected chi connectivity index (χ2v) is 2.91. The van der Waals surface area contributed by atoms with Crippen LogP contribution < -0.4 is 4.34 Å². The van der Waals surface area contributed by atoms with Crippen LogP contribution in [0.2, 0.25) is 0 Å². The molecule has 3 heteroatoms. The van der Waals surface area contributed by atoms with Crippen LogP contribution in [0.25, 0.3) is 0 Å². The van der Waals surface area contributed by atoms with E-state index in [1.165, 1.54) is 6.07 Å². The molecule has 0 aliphatic rings. The first kappa shape index (κ1) is 8.53. The van der Waals surface area contributed by atoms with Crippen LogP contribution in [0.3, 0.4) is 0 Å². The molecule has 0 heterocycles. The summed E-state index contributed by atoms with van der Waals surface area (Å²) in [4.78, 5) is 0. The van der Waals surface area contributed by atoms with Gasteiger partial charge in [0.2, 0.25) is 0 Å². The van der Waals surface area contributed by atoms with Crippen LogP contribution in [0, 0.1) is 19.7 Å². The van der Waals surface area contributed by atoms with Gasteiger partial charge in [0.1, 0.15) is 5.82 Å². The smallest absolute Gasteiger partial charge is 0.128 e. The van der Waals surface area contributed by atoms with Gasteiger partial charge in [-0.15, -0.1) is 0 Å². The molecule has 0 aromatic heterocycles. The molecule has 0 atom stereocenters. The molecule has 0 saturated carbocycles. The highest BCUT2D eigenvalue weighted by Gasteiger charge is 2.01. The van der Waals surface area contributed by atoms with Gasteiger partial charge in [0.25, 0.3) is 0 Å². The van der Waals surface area contributed by atoms with E-state index in [0.29, 0.717) is 5.56 Å². The Bertz CT molecular complexity index is 273. The first-order valence-electron chi connectivity index (χ1n) is 3.28. The Morgan fingerprint density at radius 2 is 1.91 bits per heavy atom. The lowest BCUT2D eigenvalue weighted by molar-refractivity contribution is 0.619. The number of anilines is 1. The quantitative estimate of drug-likeness (QED) is 0.714. The Hall–Kier alpha value is -0.570. The maximum absolute atomic E-state index is 12.9. The van der Waals surface area contributed by atoms with Crippen molar-refractivity contribution in [1.82, 2.24) is 0 Å². The summed E-state index contributed by atoms with van der Waals surface area (Å²) in [5.74, 6) is -0.183. The molecule has 60 valence electrons. The summed E-state index contributed by atoms with van der Waals surface area (Å²) in [6, 6.07) is 3.28. The molecule has 0 unspecified atom stereocenters. The van der Waals surface area contributed by atoms with Gasteiger partial charge in [0.15, 0.2) is 0 Å². The van der Waals surface area contributed by atoms with E-state index < -0.39 is 0 Å². The van der Waals surface area contributed by atoms with Crippen molar-refractivity contribution in [3.8, 4) is 0 Å². The summed E-state index contributed by atoms with van der Waals surface area (Å²) in [6.07, 6.45) is 0. The van der Waals surface area contributed by atoms with Crippen molar-refractivity contribution in [3.05, 3.63) is 29.1 Å². The van der Waals surface area contributed by atoms with Crippen LogP contribution in [0.5, 0.6) is 0 Å². The molecule has 1 nitrogen and oxygen atoms in total. The third-order valence-corrected chi connectivity index (χ3v) is 2.03. The average molecular weight is 218 g/mol. The van der Waals surface area contributed by atoms with Gasteiger partial charge in [-0.05, 0) is 31.0 Å². The lowest BCUT2D eigenvalue weighted by Crippen LogP contribution is -1.89. The zero-order valence-electron chi connectivity index (χ0n) is 6.41. The Morgan fingerprint density at radius 3 is 2.45 bits per heavy atom. The Morgan fingerprint density at radius 1 is 1.27 bits per heavy atom. The molecule has 0 amide bonds. The first-order valence-corrected chi connectivity index (χ1v) is 4.08. The van der Waals surface area contributed by atoms with Crippen molar-refractivity contribution in [2.75, 3.05) is 4.34 Å². The summed E-state index contributed by atoms with van der Waals surface area (Å²) < 4.78 is 15.6. The van der Waals surface area contributed by atoms with Crippen molar-refractivity contribution in [3.63, 3.8) is 0 Å². The molecule has 0 bridgehead atoms. The Kier molecular flexibility index (Phi) is 2.49. The number of benzene rings is 1. The molecule has 1 aromatic carbocycles. The molecule has 1 aromatic rings. The largest absolute Gasteiger partial charge is 0.322 e. The fourth-order valence-corrected chi connectivity index (χ4v) is 1.35. The van der Waals surface area contributed by atoms with Crippen LogP contribution in [-0.2, 0) is 0 Å². The van der Waals surface area contributed by atoms with Gasteiger partial charge in [0, 0.05) is 21.8 Å². The van der Waals surface area contributed by atoms with Crippen molar-refractivity contribution >= 4 is 21.8 Å². The van der Waals surface area contributed by atoms with Gasteiger partial charge in [0.05, 0.1) is 0 Å². The third kappa shape index (κ3) is 1.71. The fourth-order valence-electron chi connectivity index (χ4n) is 0.928. The van der Waals surface area contributed by atoms with Gasteiger partial charge in [-0.1, -0.05) is 6.07 Å². The topological polar surface area (TPSA) is 12.0 Å². The summed E-state index contributed by atoms with van der Waals surface area (Å²) in [5, 5.41) is 0. The Balaban J connectivity index is 3.21. The van der Waals surface area contributed by atoms with Crippen LogP contribution in [0.1, 0.15) is 11.1 Å². The zero-order valence-corrected chi connectivity index (χ0v) is 8.00. The summed E-state index contributed by atoms with van der Waals surface area (Å²) in [5.41, 5.74) is 2.47. The highest BCUT2D eigenvalue weighted by Crippen LogP contribution is 2.20. The molecule has 1 rings (SSSR count). The van der Waals surface area contributed by atoms with Crippen molar-refractivity contribution in [1.29, 1.82) is 0 Å². The lowest BCUT2D eigenvalue weighted by Gasteiger charge is -2.04. The molecule has 0 spiro atoms. The maximum Gasteiger partial charge on any atom is 0.128 e. The minimum Gasteiger partial charge on any atom is -0.322 e. The van der Waals surface area contributed by atoms with E-state index in [0.717, 1.165) is 11.3 Å². The van der Waals surface area contributed by atoms with E-state index in [4.69, 9.17) is 0 Å². The predicted octanol–water partition coefficient (Wildman–Crippen LogP) is 3.16. The standard InChI is InChI=1S/C8H9BrFN/c1-5-3-6(2)8(11-9)4-7(5)10/h3-4,11H,1-2H3. The van der Waals surface area contributed by atoms with Crippen LogP contribution in [-0.4, -0.2) is 0 Å². The second-order valence-electron chi connectivity index (χ2n) is 2.51. The van der Waals surface area contributed by atoms with Gasteiger partial charge in [-0.25, -0.2) is 4.39 Å². The van der Waals surface area contributed by atoms with Gasteiger partial charge < -0.3 is 4.34 Å². The SMILES string of the molecule is Cc1cc(C)c(NBr)cc1F. The second kappa shape index (κ2) is 3.22. The van der Waals surface area contributed by atoms with E-state index in [9.17, 15) is 4.39 Å². The van der Waals surface area contributed by atoms with Crippen LogP contribution in [0.4, 0.5) is 10.1 Å². The fraction of sp³-hybridized carbons (Fsp3) is 0.250. The van der Waals surface area contributed by atoms with E-state index in [1.807, 2.05) is 6.92 Å². The summed E-state index contributed by atoms with van der Waals surface area (Å²) in [7, 11) is 0. The normalized spacial score (nSPS) is 9.82. The van der Waals surface area contributed by atoms with Crippen LogP contribution >= 0.6 is 16.1 Å². The van der Waals surface area contributed by atoms with Crippen molar-refractivity contribution < 1.29 is 4.39 Å². The monoisotopic (exact) mass is 217 g/mol. The number of aryl methyl sites for hydroxylation is 2. The minimum atomic E-state index is -0.183.